The van der Waals surface area contributed by atoms with Gasteiger partial charge in [-0.05, 0) is 115 Å². The molecule has 7 rings (SSSR count). The van der Waals surface area contributed by atoms with Crippen LogP contribution >= 0.6 is 0 Å². The van der Waals surface area contributed by atoms with Gasteiger partial charge in [-0.15, -0.1) is 0 Å². The van der Waals surface area contributed by atoms with Gasteiger partial charge in [0.15, 0.2) is 0 Å². The van der Waals surface area contributed by atoms with Crippen LogP contribution in [0.1, 0.15) is 52.7 Å². The summed E-state index contributed by atoms with van der Waals surface area (Å²) in [6.07, 6.45) is 1.87. The molecule has 0 atom stereocenters. The van der Waals surface area contributed by atoms with Crippen molar-refractivity contribution >= 4 is 21.9 Å². The van der Waals surface area contributed by atoms with Crippen LogP contribution in [0.5, 0.6) is 5.75 Å². The Balaban J connectivity index is 1.46. The predicted octanol–water partition coefficient (Wildman–Crippen LogP) is 11.3. The molecule has 5 aromatic carbocycles. The van der Waals surface area contributed by atoms with E-state index in [1.807, 2.05) is 24.4 Å². The summed E-state index contributed by atoms with van der Waals surface area (Å²) >= 11 is 0. The van der Waals surface area contributed by atoms with Crippen LogP contribution in [0.2, 0.25) is 0 Å². The van der Waals surface area contributed by atoms with Crippen LogP contribution in [-0.2, 0) is 11.0 Å². The van der Waals surface area contributed by atoms with Gasteiger partial charge in [0.25, 0.3) is 0 Å². The van der Waals surface area contributed by atoms with Gasteiger partial charge in [0.1, 0.15) is 11.6 Å². The van der Waals surface area contributed by atoms with Crippen molar-refractivity contribution in [2.45, 2.75) is 59.4 Å². The maximum atomic E-state index is 11.2. The van der Waals surface area contributed by atoms with Gasteiger partial charge in [-0.25, -0.2) is 4.98 Å². The van der Waals surface area contributed by atoms with Crippen LogP contribution in [0.15, 0.2) is 115 Å². The number of hydrogen-bond acceptors (Lipinski definition) is 3. The zero-order valence-electron chi connectivity index (χ0n) is 28.3. The van der Waals surface area contributed by atoms with Gasteiger partial charge in [0.05, 0.1) is 22.1 Å². The molecule has 0 bridgehead atoms. The van der Waals surface area contributed by atoms with E-state index in [2.05, 4.69) is 138 Å². The molecule has 0 radical (unpaired) electrons. The maximum Gasteiger partial charge on any atom is 0.145 e. The van der Waals surface area contributed by atoms with Gasteiger partial charge in [-0.2, -0.15) is 0 Å². The Bertz CT molecular complexity index is 2280. The van der Waals surface area contributed by atoms with Crippen LogP contribution in [0.25, 0.3) is 66.7 Å². The Labute approximate surface area is 277 Å². The number of fused-ring (bicyclic) bond motifs is 2. The van der Waals surface area contributed by atoms with E-state index < -0.39 is 0 Å². The highest BCUT2D eigenvalue weighted by molar-refractivity contribution is 6.00. The zero-order valence-corrected chi connectivity index (χ0v) is 28.3. The molecule has 0 spiro atoms. The summed E-state index contributed by atoms with van der Waals surface area (Å²) in [5.74, 6) is 1.00. The fraction of sp³-hybridized carbons (Fsp3) is 0.209. The lowest BCUT2D eigenvalue weighted by Gasteiger charge is -2.26. The van der Waals surface area contributed by atoms with E-state index in [0.717, 1.165) is 72.3 Å². The minimum Gasteiger partial charge on any atom is -0.507 e. The average Bonchev–Trinajstić information content (AvgIpc) is 3.44. The number of aromatic nitrogens is 3. The molecule has 0 fully saturated rings. The van der Waals surface area contributed by atoms with E-state index in [4.69, 9.17) is 9.97 Å². The van der Waals surface area contributed by atoms with Crippen LogP contribution in [0, 0.1) is 6.92 Å². The third-order valence-electron chi connectivity index (χ3n) is 8.98. The number of hydrogen-bond donors (Lipinski definition) is 1. The molecule has 234 valence electrons. The Morgan fingerprint density at radius 3 is 2.00 bits per heavy atom. The number of phenols is 1. The fourth-order valence-electron chi connectivity index (χ4n) is 6.64. The minimum absolute atomic E-state index is 0.0694. The molecule has 47 heavy (non-hydrogen) atoms. The number of phenolic OH excluding ortho intramolecular Hbond substituents is 1. The van der Waals surface area contributed by atoms with Crippen molar-refractivity contribution < 1.29 is 5.11 Å². The molecule has 0 aliphatic carbocycles. The minimum atomic E-state index is -0.288. The second-order valence-corrected chi connectivity index (χ2v) is 14.6. The molecule has 0 amide bonds. The predicted molar refractivity (Wildman–Crippen MR) is 197 cm³/mol. The number of rotatable bonds is 4. The monoisotopic (exact) mass is 615 g/mol. The number of benzene rings is 5. The van der Waals surface area contributed by atoms with Crippen LogP contribution in [0.3, 0.4) is 0 Å². The van der Waals surface area contributed by atoms with Crippen molar-refractivity contribution in [1.29, 1.82) is 0 Å². The molecule has 4 nitrogen and oxygen atoms in total. The molecule has 0 aliphatic rings. The number of nitrogens with zero attached hydrogens (tertiary/aromatic N) is 3. The zero-order chi connectivity index (χ0) is 33.1. The Hall–Kier alpha value is -5.22. The highest BCUT2D eigenvalue weighted by atomic mass is 16.3. The summed E-state index contributed by atoms with van der Waals surface area (Å²) in [6.45, 7) is 15.3. The lowest BCUT2D eigenvalue weighted by atomic mass is 9.86. The first-order valence-corrected chi connectivity index (χ1v) is 16.3. The van der Waals surface area contributed by atoms with Crippen molar-refractivity contribution in [1.82, 2.24) is 14.5 Å². The van der Waals surface area contributed by atoms with Crippen molar-refractivity contribution in [2.75, 3.05) is 0 Å². The topological polar surface area (TPSA) is 50.9 Å². The van der Waals surface area contributed by atoms with Crippen molar-refractivity contribution in [3.05, 3.63) is 127 Å². The Morgan fingerprint density at radius 2 is 1.30 bits per heavy atom. The van der Waals surface area contributed by atoms with Gasteiger partial charge >= 0.3 is 0 Å². The van der Waals surface area contributed by atoms with E-state index in [0.29, 0.717) is 0 Å². The van der Waals surface area contributed by atoms with Crippen molar-refractivity contribution in [3.63, 3.8) is 0 Å². The van der Waals surface area contributed by atoms with Crippen LogP contribution < -0.4 is 0 Å². The summed E-state index contributed by atoms with van der Waals surface area (Å²) in [5.41, 5.74) is 12.3. The third-order valence-corrected chi connectivity index (χ3v) is 8.98. The molecule has 7 aromatic rings. The number of aryl methyl sites for hydroxylation is 1. The Morgan fingerprint density at radius 1 is 0.596 bits per heavy atom. The first kappa shape index (κ1) is 30.4. The summed E-state index contributed by atoms with van der Waals surface area (Å²) < 4.78 is 2.28. The first-order valence-electron chi connectivity index (χ1n) is 16.3. The van der Waals surface area contributed by atoms with E-state index in [1.165, 1.54) is 5.56 Å². The lowest BCUT2D eigenvalue weighted by Crippen LogP contribution is -2.23. The normalized spacial score (nSPS) is 12.2. The molecule has 2 heterocycles. The quantitative estimate of drug-likeness (QED) is 0.214. The summed E-state index contributed by atoms with van der Waals surface area (Å²) in [7, 11) is 0. The molecular weight excluding hydrogens is 574 g/mol. The number of pyridine rings is 1. The van der Waals surface area contributed by atoms with E-state index in [-0.39, 0.29) is 16.7 Å². The molecule has 2 aromatic heterocycles. The summed E-state index contributed by atoms with van der Waals surface area (Å²) in [4.78, 5) is 10.2. The average molecular weight is 616 g/mol. The molecule has 0 unspecified atom stereocenters. The molecule has 0 saturated carbocycles. The molecular formula is C43H41N3O. The standard InChI is InChI=1S/C43H41N3O/c1-27-21-34(40-37(22-27)46(43(5,6)7)41(45-40)36-26-33(42(2,3)4)18-19-38(36)47)29-15-11-16-30(23-29)35-25-32(28-13-9-8-10-14-28)24-31-17-12-20-44-39(31)35/h8-26,47H,1-7H3. The highest BCUT2D eigenvalue weighted by Gasteiger charge is 2.27. The molecule has 0 saturated heterocycles. The van der Waals surface area contributed by atoms with E-state index >= 15 is 0 Å². The highest BCUT2D eigenvalue weighted by Crippen LogP contribution is 2.42. The fourth-order valence-corrected chi connectivity index (χ4v) is 6.64. The van der Waals surface area contributed by atoms with E-state index in [1.54, 1.807) is 6.07 Å². The molecule has 1 N–H and O–H groups in total. The van der Waals surface area contributed by atoms with Gasteiger partial charge < -0.3 is 9.67 Å². The molecule has 0 aliphatic heterocycles. The summed E-state index contributed by atoms with van der Waals surface area (Å²) in [6, 6.07) is 38.2. The first-order chi connectivity index (χ1) is 22.4. The lowest BCUT2D eigenvalue weighted by molar-refractivity contribution is 0.411. The third kappa shape index (κ3) is 5.59. The SMILES string of the molecule is Cc1cc(-c2cccc(-c3cc(-c4ccccc4)cc4cccnc34)c2)c2nc(-c3cc(C(C)(C)C)ccc3O)n(C(C)(C)C)c2c1. The van der Waals surface area contributed by atoms with Gasteiger partial charge in [-0.1, -0.05) is 81.4 Å². The van der Waals surface area contributed by atoms with E-state index in [9.17, 15) is 5.11 Å². The number of aromatic hydroxyl groups is 1. The maximum absolute atomic E-state index is 11.2. The number of imidazole rings is 1. The van der Waals surface area contributed by atoms with Crippen molar-refractivity contribution in [2.24, 2.45) is 0 Å². The molecule has 4 heteroatoms. The van der Waals surface area contributed by atoms with Crippen LogP contribution in [0.4, 0.5) is 0 Å². The smallest absolute Gasteiger partial charge is 0.145 e. The van der Waals surface area contributed by atoms with Gasteiger partial charge in [0, 0.05) is 28.2 Å². The van der Waals surface area contributed by atoms with Gasteiger partial charge in [-0.3, -0.25) is 4.98 Å². The van der Waals surface area contributed by atoms with Crippen molar-refractivity contribution in [3.8, 4) is 50.5 Å². The second kappa shape index (κ2) is 11.2. The van der Waals surface area contributed by atoms with Gasteiger partial charge in [0.2, 0.25) is 0 Å². The van der Waals surface area contributed by atoms with Crippen LogP contribution in [-0.4, -0.2) is 19.6 Å². The largest absolute Gasteiger partial charge is 0.507 e. The Kier molecular flexibility index (Phi) is 7.28. The summed E-state index contributed by atoms with van der Waals surface area (Å²) in [5, 5.41) is 12.3. The second-order valence-electron chi connectivity index (χ2n) is 14.6.